The van der Waals surface area contributed by atoms with Crippen LogP contribution in [0, 0.1) is 0 Å². The first kappa shape index (κ1) is 9.76. The molecule has 0 amide bonds. The number of thiol groups is 1. The maximum absolute atomic E-state index is 5.80. The number of halogens is 1. The largest absolute Gasteiger partial charge is 0.415 e. The van der Waals surface area contributed by atoms with E-state index in [1.165, 1.54) is 11.3 Å². The Hall–Kier alpha value is -0.780. The van der Waals surface area contributed by atoms with Crippen LogP contribution in [0.2, 0.25) is 5.15 Å². The van der Waals surface area contributed by atoms with Crippen molar-refractivity contribution in [1.82, 2.24) is 9.97 Å². The van der Waals surface area contributed by atoms with Crippen LogP contribution in [0.25, 0.3) is 10.6 Å². The molecule has 0 saturated heterocycles. The monoisotopic (exact) mass is 244 g/mol. The fraction of sp³-hybridized carbons (Fsp3) is 0. The zero-order valence-electron chi connectivity index (χ0n) is 6.85. The van der Waals surface area contributed by atoms with E-state index < -0.39 is 0 Å². The Morgan fingerprint density at radius 3 is 2.93 bits per heavy atom. The minimum atomic E-state index is 0.323. The summed E-state index contributed by atoms with van der Waals surface area (Å²) in [7, 11) is 0. The molecule has 0 unspecified atom stereocenters. The molecule has 0 radical (unpaired) electrons. The van der Waals surface area contributed by atoms with Crippen molar-refractivity contribution in [3.63, 3.8) is 0 Å². The molecule has 2 heterocycles. The summed E-state index contributed by atoms with van der Waals surface area (Å²) in [5, 5.41) is 1.59. The molecule has 0 N–H and O–H groups in total. The third kappa shape index (κ3) is 1.84. The summed E-state index contributed by atoms with van der Waals surface area (Å²) in [6.07, 6.45) is 3.42. The molecule has 0 aliphatic heterocycles. The van der Waals surface area contributed by atoms with Gasteiger partial charge < -0.3 is 4.18 Å². The smallest absolute Gasteiger partial charge is 0.229 e. The average Bonchev–Trinajstić information content (AvgIpc) is 2.61. The molecule has 2 rings (SSSR count). The predicted molar refractivity (Wildman–Crippen MR) is 60.0 cm³/mol. The Morgan fingerprint density at radius 2 is 2.36 bits per heavy atom. The zero-order valence-corrected chi connectivity index (χ0v) is 9.31. The van der Waals surface area contributed by atoms with Gasteiger partial charge in [0.2, 0.25) is 5.06 Å². The lowest BCUT2D eigenvalue weighted by atomic mass is 10.3. The highest BCUT2D eigenvalue weighted by Crippen LogP contribution is 2.36. The Morgan fingerprint density at radius 1 is 1.50 bits per heavy atom. The molecular weight excluding hydrogens is 240 g/mol. The van der Waals surface area contributed by atoms with Crippen LogP contribution in [0.3, 0.4) is 0 Å². The number of thiazole rings is 1. The first-order chi connectivity index (χ1) is 6.81. The van der Waals surface area contributed by atoms with Gasteiger partial charge >= 0.3 is 0 Å². The first-order valence-electron chi connectivity index (χ1n) is 3.69. The second-order valence-electron chi connectivity index (χ2n) is 2.43. The number of aromatic nitrogens is 2. The van der Waals surface area contributed by atoms with Crippen molar-refractivity contribution in [1.29, 1.82) is 0 Å². The molecule has 72 valence electrons. The summed E-state index contributed by atoms with van der Waals surface area (Å²) in [4.78, 5) is 8.11. The SMILES string of the molecule is SOc1sc(-c2cccnc2)nc1Cl. The summed E-state index contributed by atoms with van der Waals surface area (Å²) in [6.45, 7) is 0. The number of rotatable bonds is 2. The number of nitrogens with zero attached hydrogens (tertiary/aromatic N) is 2. The Labute approximate surface area is 95.3 Å². The molecule has 0 aliphatic carbocycles. The lowest BCUT2D eigenvalue weighted by Crippen LogP contribution is -1.76. The number of hydrogen-bond donors (Lipinski definition) is 1. The molecule has 6 heteroatoms. The van der Waals surface area contributed by atoms with Gasteiger partial charge in [-0.1, -0.05) is 22.9 Å². The van der Waals surface area contributed by atoms with Crippen molar-refractivity contribution in [2.75, 3.05) is 0 Å². The van der Waals surface area contributed by atoms with Crippen LogP contribution in [0.1, 0.15) is 0 Å². The van der Waals surface area contributed by atoms with Crippen molar-refractivity contribution < 1.29 is 4.18 Å². The summed E-state index contributed by atoms with van der Waals surface area (Å²) < 4.78 is 4.75. The molecule has 2 aromatic heterocycles. The van der Waals surface area contributed by atoms with Crippen LogP contribution >= 0.6 is 35.8 Å². The number of pyridine rings is 1. The van der Waals surface area contributed by atoms with E-state index in [-0.39, 0.29) is 0 Å². The fourth-order valence-electron chi connectivity index (χ4n) is 0.957. The minimum Gasteiger partial charge on any atom is -0.415 e. The van der Waals surface area contributed by atoms with E-state index in [9.17, 15) is 0 Å². The van der Waals surface area contributed by atoms with Gasteiger partial charge in [0.15, 0.2) is 5.15 Å². The fourth-order valence-corrected chi connectivity index (χ4v) is 2.22. The second kappa shape index (κ2) is 4.16. The van der Waals surface area contributed by atoms with E-state index in [0.717, 1.165) is 10.6 Å². The van der Waals surface area contributed by atoms with Crippen LogP contribution in [0.5, 0.6) is 5.06 Å². The molecule has 2 aromatic rings. The lowest BCUT2D eigenvalue weighted by molar-refractivity contribution is 0.677. The van der Waals surface area contributed by atoms with Crippen LogP contribution in [0.4, 0.5) is 0 Å². The summed E-state index contributed by atoms with van der Waals surface area (Å²) in [5.41, 5.74) is 0.913. The summed E-state index contributed by atoms with van der Waals surface area (Å²) >= 11 is 10.8. The van der Waals surface area contributed by atoms with Gasteiger partial charge in [0.1, 0.15) is 5.01 Å². The molecule has 14 heavy (non-hydrogen) atoms. The van der Waals surface area contributed by atoms with Gasteiger partial charge in [-0.05, 0) is 12.1 Å². The molecule has 0 aromatic carbocycles. The highest BCUT2D eigenvalue weighted by Gasteiger charge is 2.11. The van der Waals surface area contributed by atoms with Gasteiger partial charge in [0, 0.05) is 30.9 Å². The lowest BCUT2D eigenvalue weighted by Gasteiger charge is -1.91. The van der Waals surface area contributed by atoms with Crippen molar-refractivity contribution in [3.8, 4) is 15.6 Å². The topological polar surface area (TPSA) is 35.0 Å². The minimum absolute atomic E-state index is 0.323. The van der Waals surface area contributed by atoms with Gasteiger partial charge in [0.25, 0.3) is 0 Å². The van der Waals surface area contributed by atoms with E-state index in [4.69, 9.17) is 15.8 Å². The van der Waals surface area contributed by atoms with Crippen molar-refractivity contribution >= 4 is 35.8 Å². The maximum atomic E-state index is 5.80. The zero-order chi connectivity index (χ0) is 9.97. The van der Waals surface area contributed by atoms with Crippen LogP contribution < -0.4 is 4.18 Å². The van der Waals surface area contributed by atoms with E-state index in [1.54, 1.807) is 12.4 Å². The average molecular weight is 245 g/mol. The van der Waals surface area contributed by atoms with E-state index >= 15 is 0 Å². The number of hydrogen-bond acceptors (Lipinski definition) is 5. The summed E-state index contributed by atoms with van der Waals surface area (Å²) in [5.74, 6) is 0. The Balaban J connectivity index is 2.43. The molecule has 0 bridgehead atoms. The van der Waals surface area contributed by atoms with Crippen LogP contribution in [-0.2, 0) is 0 Å². The maximum Gasteiger partial charge on any atom is 0.229 e. The third-order valence-electron chi connectivity index (χ3n) is 1.55. The van der Waals surface area contributed by atoms with E-state index in [2.05, 4.69) is 22.9 Å². The van der Waals surface area contributed by atoms with Crippen LogP contribution in [-0.4, -0.2) is 9.97 Å². The molecule has 3 nitrogen and oxygen atoms in total. The van der Waals surface area contributed by atoms with E-state index in [0.29, 0.717) is 10.2 Å². The molecule has 0 spiro atoms. The summed E-state index contributed by atoms with van der Waals surface area (Å²) in [6, 6.07) is 3.75. The van der Waals surface area contributed by atoms with E-state index in [1.807, 2.05) is 12.1 Å². The van der Waals surface area contributed by atoms with Gasteiger partial charge in [-0.15, -0.1) is 0 Å². The normalized spacial score (nSPS) is 10.1. The quantitative estimate of drug-likeness (QED) is 0.651. The Bertz CT molecular complexity index is 432. The van der Waals surface area contributed by atoms with Gasteiger partial charge in [-0.3, -0.25) is 4.98 Å². The molecule has 0 saturated carbocycles. The first-order valence-corrected chi connectivity index (χ1v) is 5.25. The van der Waals surface area contributed by atoms with Crippen molar-refractivity contribution in [2.45, 2.75) is 0 Å². The van der Waals surface area contributed by atoms with Gasteiger partial charge in [-0.2, -0.15) is 0 Å². The highest BCUT2D eigenvalue weighted by molar-refractivity contribution is 7.75. The van der Waals surface area contributed by atoms with Gasteiger partial charge in [-0.25, -0.2) is 4.98 Å². The Kier molecular flexibility index (Phi) is 2.90. The molecule has 0 aliphatic rings. The van der Waals surface area contributed by atoms with Crippen molar-refractivity contribution in [3.05, 3.63) is 29.7 Å². The highest BCUT2D eigenvalue weighted by atomic mass is 35.5. The predicted octanol–water partition coefficient (Wildman–Crippen LogP) is 3.08. The standard InChI is InChI=1S/C8H5ClN2OS2/c9-6-8(12-13)14-7(11-6)5-2-1-3-10-4-5/h1-4,13H. The molecular formula is C8H5ClN2OS2. The molecule has 0 atom stereocenters. The van der Waals surface area contributed by atoms with Gasteiger partial charge in [0.05, 0.1) is 0 Å². The third-order valence-corrected chi connectivity index (χ3v) is 3.21. The van der Waals surface area contributed by atoms with Crippen LogP contribution in [0.15, 0.2) is 24.5 Å². The molecule has 0 fully saturated rings. The van der Waals surface area contributed by atoms with Crippen molar-refractivity contribution in [2.24, 2.45) is 0 Å². The second-order valence-corrected chi connectivity index (χ2v) is 3.93.